The van der Waals surface area contributed by atoms with Gasteiger partial charge in [0.15, 0.2) is 0 Å². The lowest BCUT2D eigenvalue weighted by molar-refractivity contribution is -0.127. The van der Waals surface area contributed by atoms with Crippen LogP contribution in [0.4, 0.5) is 4.79 Å². The molecule has 1 fully saturated rings. The largest absolute Gasteiger partial charge is 0.326 e. The van der Waals surface area contributed by atoms with E-state index in [4.69, 9.17) is 0 Å². The number of nitrogens with zero attached hydrogens (tertiary/aromatic N) is 1. The minimum atomic E-state index is -0.355. The van der Waals surface area contributed by atoms with Gasteiger partial charge in [0.2, 0.25) is 0 Å². The van der Waals surface area contributed by atoms with Gasteiger partial charge in [-0.1, -0.05) is 0 Å². The smallest absolute Gasteiger partial charge is 0.325 e. The number of thiophene rings is 1. The molecule has 1 N–H and O–H groups in total. The summed E-state index contributed by atoms with van der Waals surface area (Å²) < 4.78 is 1.00. The van der Waals surface area contributed by atoms with Gasteiger partial charge in [0, 0.05) is 0 Å². The van der Waals surface area contributed by atoms with Gasteiger partial charge in [-0.15, -0.1) is 11.3 Å². The first-order valence-electron chi connectivity index (χ1n) is 5.45. The van der Waals surface area contributed by atoms with E-state index in [-0.39, 0.29) is 18.0 Å². The standard InChI is InChI=1S/C11H13BrN2O2S2/c1-17-3-2-8-10(15)14(11(16)13-8)5-7-4-9(12)18-6-7/h4,6,8H,2-3,5H2,1H3,(H,13,16). The predicted octanol–water partition coefficient (Wildman–Crippen LogP) is 2.68. The van der Waals surface area contributed by atoms with Gasteiger partial charge in [0.05, 0.1) is 10.3 Å². The second kappa shape index (κ2) is 6.08. The van der Waals surface area contributed by atoms with Crippen molar-refractivity contribution in [2.45, 2.75) is 19.0 Å². The Morgan fingerprint density at radius 3 is 2.94 bits per heavy atom. The SMILES string of the molecule is CSCCC1NC(=O)N(Cc2csc(Br)c2)C1=O. The van der Waals surface area contributed by atoms with E-state index >= 15 is 0 Å². The highest BCUT2D eigenvalue weighted by molar-refractivity contribution is 9.11. The fourth-order valence-corrected chi connectivity index (χ4v) is 3.44. The number of urea groups is 1. The van der Waals surface area contributed by atoms with Gasteiger partial charge in [-0.05, 0) is 51.4 Å². The first kappa shape index (κ1) is 13.9. The maximum atomic E-state index is 12.1. The second-order valence-electron chi connectivity index (χ2n) is 3.97. The zero-order chi connectivity index (χ0) is 13.1. The van der Waals surface area contributed by atoms with Crippen molar-refractivity contribution in [1.82, 2.24) is 10.2 Å². The summed E-state index contributed by atoms with van der Waals surface area (Å²) in [6, 6.07) is 1.29. The Labute approximate surface area is 122 Å². The van der Waals surface area contributed by atoms with Crippen LogP contribution in [0.5, 0.6) is 0 Å². The molecule has 1 atom stereocenters. The maximum absolute atomic E-state index is 12.1. The molecule has 0 bridgehead atoms. The normalized spacial score (nSPS) is 19.4. The molecule has 0 aliphatic carbocycles. The van der Waals surface area contributed by atoms with Crippen molar-refractivity contribution in [2.75, 3.05) is 12.0 Å². The summed E-state index contributed by atoms with van der Waals surface area (Å²) in [6.45, 7) is 0.350. The van der Waals surface area contributed by atoms with Crippen LogP contribution in [0.25, 0.3) is 0 Å². The van der Waals surface area contributed by atoms with E-state index in [1.807, 2.05) is 17.7 Å². The van der Waals surface area contributed by atoms with Crippen molar-refractivity contribution in [3.8, 4) is 0 Å². The van der Waals surface area contributed by atoms with Crippen LogP contribution in [-0.4, -0.2) is 34.9 Å². The highest BCUT2D eigenvalue weighted by Gasteiger charge is 2.37. The summed E-state index contributed by atoms with van der Waals surface area (Å²) in [7, 11) is 0. The number of rotatable bonds is 5. The van der Waals surface area contributed by atoms with Crippen molar-refractivity contribution >= 4 is 51.0 Å². The summed E-state index contributed by atoms with van der Waals surface area (Å²) >= 11 is 6.59. The van der Waals surface area contributed by atoms with Crippen LogP contribution in [-0.2, 0) is 11.3 Å². The minimum absolute atomic E-state index is 0.114. The Bertz CT molecular complexity index is 464. The van der Waals surface area contributed by atoms with E-state index in [2.05, 4.69) is 21.2 Å². The van der Waals surface area contributed by atoms with Crippen molar-refractivity contribution in [2.24, 2.45) is 0 Å². The summed E-state index contributed by atoms with van der Waals surface area (Å²) in [4.78, 5) is 25.1. The molecule has 0 saturated carbocycles. The molecule has 2 rings (SSSR count). The third kappa shape index (κ3) is 3.07. The Morgan fingerprint density at radius 1 is 1.56 bits per heavy atom. The first-order chi connectivity index (χ1) is 8.61. The second-order valence-corrected chi connectivity index (χ2v) is 7.24. The fourth-order valence-electron chi connectivity index (χ4n) is 1.77. The van der Waals surface area contributed by atoms with Crippen LogP contribution in [0.15, 0.2) is 15.2 Å². The van der Waals surface area contributed by atoms with Crippen LogP contribution >= 0.6 is 39.0 Å². The molecule has 1 aliphatic rings. The average Bonchev–Trinajstić information content (AvgIpc) is 2.86. The Hall–Kier alpha value is -0.530. The Kier molecular flexibility index (Phi) is 4.69. The number of imide groups is 1. The molecule has 1 saturated heterocycles. The Balaban J connectivity index is 2.00. The average molecular weight is 349 g/mol. The molecule has 1 aromatic heterocycles. The van der Waals surface area contributed by atoms with Gasteiger partial charge in [-0.3, -0.25) is 9.69 Å². The van der Waals surface area contributed by atoms with E-state index in [9.17, 15) is 9.59 Å². The molecule has 2 heterocycles. The molecule has 1 unspecified atom stereocenters. The molecule has 98 valence electrons. The molecule has 0 aromatic carbocycles. The number of carbonyl (C=O) groups is 2. The summed E-state index contributed by atoms with van der Waals surface area (Å²) in [5.74, 6) is 0.755. The Morgan fingerprint density at radius 2 is 2.33 bits per heavy atom. The maximum Gasteiger partial charge on any atom is 0.325 e. The molecular formula is C11H13BrN2O2S2. The molecule has 1 aromatic rings. The number of thioether (sulfide) groups is 1. The molecule has 0 spiro atoms. The highest BCUT2D eigenvalue weighted by atomic mass is 79.9. The van der Waals surface area contributed by atoms with Crippen molar-refractivity contribution in [1.29, 1.82) is 0 Å². The zero-order valence-corrected chi connectivity index (χ0v) is 13.0. The van der Waals surface area contributed by atoms with Crippen LogP contribution in [0, 0.1) is 0 Å². The van der Waals surface area contributed by atoms with Gasteiger partial charge in [0.1, 0.15) is 6.04 Å². The lowest BCUT2D eigenvalue weighted by atomic mass is 10.2. The van der Waals surface area contributed by atoms with E-state index in [0.717, 1.165) is 15.1 Å². The summed E-state index contributed by atoms with van der Waals surface area (Å²) in [6.07, 6.45) is 2.68. The predicted molar refractivity (Wildman–Crippen MR) is 77.9 cm³/mol. The number of carbonyl (C=O) groups excluding carboxylic acids is 2. The fraction of sp³-hybridized carbons (Fsp3) is 0.455. The number of amides is 3. The molecule has 3 amide bonds. The van der Waals surface area contributed by atoms with Crippen LogP contribution in [0.3, 0.4) is 0 Å². The quantitative estimate of drug-likeness (QED) is 0.832. The molecule has 7 heteroatoms. The van der Waals surface area contributed by atoms with Crippen LogP contribution in [0.2, 0.25) is 0 Å². The molecule has 4 nitrogen and oxygen atoms in total. The summed E-state index contributed by atoms with van der Waals surface area (Å²) in [5, 5.41) is 4.68. The van der Waals surface area contributed by atoms with Crippen molar-refractivity contribution in [3.05, 3.63) is 20.8 Å². The third-order valence-electron chi connectivity index (χ3n) is 2.68. The minimum Gasteiger partial charge on any atom is -0.326 e. The third-order valence-corrected chi connectivity index (χ3v) is 4.88. The monoisotopic (exact) mass is 348 g/mol. The van der Waals surface area contributed by atoms with E-state index in [1.54, 1.807) is 23.1 Å². The number of hydrogen-bond acceptors (Lipinski definition) is 4. The van der Waals surface area contributed by atoms with E-state index in [0.29, 0.717) is 13.0 Å². The number of hydrogen-bond donors (Lipinski definition) is 1. The van der Waals surface area contributed by atoms with Crippen LogP contribution < -0.4 is 5.32 Å². The first-order valence-corrected chi connectivity index (χ1v) is 8.52. The van der Waals surface area contributed by atoms with Gasteiger partial charge in [-0.2, -0.15) is 11.8 Å². The van der Waals surface area contributed by atoms with E-state index in [1.165, 1.54) is 4.90 Å². The van der Waals surface area contributed by atoms with Crippen LogP contribution in [0.1, 0.15) is 12.0 Å². The van der Waals surface area contributed by atoms with Gasteiger partial charge < -0.3 is 5.32 Å². The number of halogens is 1. The zero-order valence-electron chi connectivity index (χ0n) is 9.81. The van der Waals surface area contributed by atoms with Gasteiger partial charge in [0.25, 0.3) is 5.91 Å². The van der Waals surface area contributed by atoms with Gasteiger partial charge >= 0.3 is 6.03 Å². The van der Waals surface area contributed by atoms with Crippen molar-refractivity contribution < 1.29 is 9.59 Å². The molecule has 18 heavy (non-hydrogen) atoms. The molecular weight excluding hydrogens is 336 g/mol. The van der Waals surface area contributed by atoms with E-state index < -0.39 is 0 Å². The topological polar surface area (TPSA) is 49.4 Å². The number of nitrogens with one attached hydrogen (secondary N) is 1. The molecule has 0 radical (unpaired) electrons. The molecule has 1 aliphatic heterocycles. The highest BCUT2D eigenvalue weighted by Crippen LogP contribution is 2.23. The van der Waals surface area contributed by atoms with Crippen molar-refractivity contribution in [3.63, 3.8) is 0 Å². The van der Waals surface area contributed by atoms with Gasteiger partial charge in [-0.25, -0.2) is 4.79 Å². The summed E-state index contributed by atoms with van der Waals surface area (Å²) in [5.41, 5.74) is 0.973. The lowest BCUT2D eigenvalue weighted by Gasteiger charge is -2.11. The lowest BCUT2D eigenvalue weighted by Crippen LogP contribution is -2.31.